The Kier molecular flexibility index (Phi) is 5.91. The van der Waals surface area contributed by atoms with E-state index in [4.69, 9.17) is 9.47 Å². The highest BCUT2D eigenvalue weighted by Gasteiger charge is 2.36. The van der Waals surface area contributed by atoms with Crippen LogP contribution in [-0.4, -0.2) is 71.8 Å². The van der Waals surface area contributed by atoms with Crippen molar-refractivity contribution in [1.29, 1.82) is 0 Å². The summed E-state index contributed by atoms with van der Waals surface area (Å²) in [5, 5.41) is 0.905. The smallest absolute Gasteiger partial charge is 0.410 e. The molecule has 5 nitrogen and oxygen atoms in total. The van der Waals surface area contributed by atoms with Crippen molar-refractivity contribution in [3.05, 3.63) is 0 Å². The van der Waals surface area contributed by atoms with E-state index < -0.39 is 5.60 Å². The van der Waals surface area contributed by atoms with Crippen molar-refractivity contribution in [3.8, 4) is 0 Å². The lowest BCUT2D eigenvalue weighted by molar-refractivity contribution is -0.0570. The van der Waals surface area contributed by atoms with Gasteiger partial charge in [-0.2, -0.15) is 0 Å². The zero-order valence-electron chi connectivity index (χ0n) is 13.3. The van der Waals surface area contributed by atoms with E-state index in [9.17, 15) is 4.79 Å². The lowest BCUT2D eigenvalue weighted by Gasteiger charge is -2.46. The molecule has 1 heterocycles. The SMILES string of the molecule is CC(C)(C)OC(=O)N1CCN(C2CC(OCCBr)C2)CC1. The molecule has 2 fully saturated rings. The maximum Gasteiger partial charge on any atom is 0.410 e. The Bertz CT molecular complexity index is 345. The van der Waals surface area contributed by atoms with Crippen LogP contribution in [0.2, 0.25) is 0 Å². The van der Waals surface area contributed by atoms with Crippen LogP contribution < -0.4 is 0 Å². The van der Waals surface area contributed by atoms with Gasteiger partial charge in [-0.25, -0.2) is 4.79 Å². The lowest BCUT2D eigenvalue weighted by atomic mass is 9.87. The molecule has 1 saturated heterocycles. The van der Waals surface area contributed by atoms with Crippen molar-refractivity contribution in [1.82, 2.24) is 9.80 Å². The van der Waals surface area contributed by atoms with E-state index in [0.717, 1.165) is 51.0 Å². The Labute approximate surface area is 136 Å². The van der Waals surface area contributed by atoms with Crippen LogP contribution in [0.5, 0.6) is 0 Å². The maximum atomic E-state index is 12.0. The second kappa shape index (κ2) is 7.29. The molecule has 0 N–H and O–H groups in total. The highest BCUT2D eigenvalue weighted by atomic mass is 79.9. The normalized spacial score (nSPS) is 27.3. The Morgan fingerprint density at radius 3 is 2.33 bits per heavy atom. The number of carbonyl (C=O) groups excluding carboxylic acids is 1. The molecule has 0 atom stereocenters. The van der Waals surface area contributed by atoms with Crippen LogP contribution in [0.25, 0.3) is 0 Å². The number of alkyl halides is 1. The zero-order chi connectivity index (χ0) is 15.5. The zero-order valence-corrected chi connectivity index (χ0v) is 14.9. The van der Waals surface area contributed by atoms with E-state index >= 15 is 0 Å². The van der Waals surface area contributed by atoms with Crippen LogP contribution in [0.4, 0.5) is 4.79 Å². The van der Waals surface area contributed by atoms with E-state index in [1.54, 1.807) is 0 Å². The molecule has 0 unspecified atom stereocenters. The molecule has 2 aliphatic rings. The van der Waals surface area contributed by atoms with Gasteiger partial charge in [-0.3, -0.25) is 4.90 Å². The first-order valence-corrected chi connectivity index (χ1v) is 8.91. The molecule has 6 heteroatoms. The third-order valence-corrected chi connectivity index (χ3v) is 4.31. The Hall–Kier alpha value is -0.330. The second-order valence-corrected chi connectivity index (χ2v) is 7.60. The molecule has 1 aliphatic heterocycles. The van der Waals surface area contributed by atoms with E-state index in [1.807, 2.05) is 25.7 Å². The fourth-order valence-electron chi connectivity index (χ4n) is 2.78. The molecule has 1 aliphatic carbocycles. The summed E-state index contributed by atoms with van der Waals surface area (Å²) < 4.78 is 11.1. The number of hydrogen-bond donors (Lipinski definition) is 0. The van der Waals surface area contributed by atoms with Gasteiger partial charge in [0, 0.05) is 37.6 Å². The number of carbonyl (C=O) groups is 1. The van der Waals surface area contributed by atoms with Crippen LogP contribution in [0.3, 0.4) is 0 Å². The standard InChI is InChI=1S/C15H27BrN2O3/c1-15(2,3)21-14(19)18-7-5-17(6-8-18)12-10-13(11-12)20-9-4-16/h12-13H,4-11H2,1-3H3. The van der Waals surface area contributed by atoms with Crippen molar-refractivity contribution in [2.75, 3.05) is 38.1 Å². The van der Waals surface area contributed by atoms with Crippen molar-refractivity contribution in [2.45, 2.75) is 51.4 Å². The monoisotopic (exact) mass is 362 g/mol. The van der Waals surface area contributed by atoms with E-state index in [1.165, 1.54) is 0 Å². The van der Waals surface area contributed by atoms with Gasteiger partial charge in [0.1, 0.15) is 5.60 Å². The van der Waals surface area contributed by atoms with Gasteiger partial charge in [-0.15, -0.1) is 0 Å². The summed E-state index contributed by atoms with van der Waals surface area (Å²) in [7, 11) is 0. The predicted octanol–water partition coefficient (Wildman–Crippen LogP) is 2.48. The van der Waals surface area contributed by atoms with Crippen LogP contribution in [-0.2, 0) is 9.47 Å². The van der Waals surface area contributed by atoms with Crippen molar-refractivity contribution >= 4 is 22.0 Å². The average Bonchev–Trinajstić information content (AvgIpc) is 2.35. The third kappa shape index (κ3) is 5.11. The lowest BCUT2D eigenvalue weighted by Crippen LogP contribution is -2.57. The number of halogens is 1. The highest BCUT2D eigenvalue weighted by molar-refractivity contribution is 9.09. The van der Waals surface area contributed by atoms with Gasteiger partial charge in [0.05, 0.1) is 12.7 Å². The quantitative estimate of drug-likeness (QED) is 0.720. The summed E-state index contributed by atoms with van der Waals surface area (Å²) in [6.45, 7) is 9.92. The topological polar surface area (TPSA) is 42.0 Å². The van der Waals surface area contributed by atoms with Gasteiger partial charge in [-0.1, -0.05) is 15.9 Å². The van der Waals surface area contributed by atoms with Gasteiger partial charge in [-0.05, 0) is 33.6 Å². The first-order chi connectivity index (χ1) is 9.89. The molecule has 0 aromatic heterocycles. The van der Waals surface area contributed by atoms with Crippen LogP contribution in [0.15, 0.2) is 0 Å². The molecule has 122 valence electrons. The number of ether oxygens (including phenoxy) is 2. The number of piperazine rings is 1. The minimum atomic E-state index is -0.415. The predicted molar refractivity (Wildman–Crippen MR) is 85.9 cm³/mol. The summed E-state index contributed by atoms with van der Waals surface area (Å²) >= 11 is 3.38. The van der Waals surface area contributed by atoms with Crippen LogP contribution in [0, 0.1) is 0 Å². The summed E-state index contributed by atoms with van der Waals surface area (Å²) in [5.41, 5.74) is -0.415. The number of rotatable bonds is 4. The highest BCUT2D eigenvalue weighted by Crippen LogP contribution is 2.29. The third-order valence-electron chi connectivity index (χ3n) is 3.98. The fourth-order valence-corrected chi connectivity index (χ4v) is 2.97. The number of amides is 1. The van der Waals surface area contributed by atoms with Gasteiger partial charge in [0.25, 0.3) is 0 Å². The van der Waals surface area contributed by atoms with Crippen molar-refractivity contribution in [3.63, 3.8) is 0 Å². The summed E-state index contributed by atoms with van der Waals surface area (Å²) in [6, 6.07) is 0.631. The number of nitrogens with zero attached hydrogens (tertiary/aromatic N) is 2. The van der Waals surface area contributed by atoms with E-state index in [0.29, 0.717) is 12.1 Å². The summed E-state index contributed by atoms with van der Waals surface area (Å²) in [6.07, 6.45) is 2.49. The second-order valence-electron chi connectivity index (χ2n) is 6.81. The molecular formula is C15H27BrN2O3. The molecule has 0 spiro atoms. The summed E-state index contributed by atoms with van der Waals surface area (Å²) in [4.78, 5) is 16.3. The Morgan fingerprint density at radius 1 is 1.19 bits per heavy atom. The molecule has 21 heavy (non-hydrogen) atoms. The minimum absolute atomic E-state index is 0.186. The van der Waals surface area contributed by atoms with Crippen molar-refractivity contribution in [2.24, 2.45) is 0 Å². The molecule has 1 saturated carbocycles. The maximum absolute atomic E-state index is 12.0. The average molecular weight is 363 g/mol. The van der Waals surface area contributed by atoms with E-state index in [-0.39, 0.29) is 6.09 Å². The largest absolute Gasteiger partial charge is 0.444 e. The van der Waals surface area contributed by atoms with E-state index in [2.05, 4.69) is 20.8 Å². The molecular weight excluding hydrogens is 336 g/mol. The molecule has 2 rings (SSSR count). The molecule has 1 amide bonds. The molecule has 0 aromatic rings. The minimum Gasteiger partial charge on any atom is -0.444 e. The van der Waals surface area contributed by atoms with Crippen molar-refractivity contribution < 1.29 is 14.3 Å². The first-order valence-electron chi connectivity index (χ1n) is 7.78. The van der Waals surface area contributed by atoms with Gasteiger partial charge in [0.2, 0.25) is 0 Å². The Morgan fingerprint density at radius 2 is 1.81 bits per heavy atom. The first kappa shape index (κ1) is 17.0. The summed E-state index contributed by atoms with van der Waals surface area (Å²) in [5.74, 6) is 0. The van der Waals surface area contributed by atoms with Gasteiger partial charge >= 0.3 is 6.09 Å². The van der Waals surface area contributed by atoms with Crippen LogP contribution in [0.1, 0.15) is 33.6 Å². The van der Waals surface area contributed by atoms with Crippen LogP contribution >= 0.6 is 15.9 Å². The Balaban J connectivity index is 1.66. The number of hydrogen-bond acceptors (Lipinski definition) is 4. The molecule has 0 aromatic carbocycles. The van der Waals surface area contributed by atoms with Gasteiger partial charge in [0.15, 0.2) is 0 Å². The fraction of sp³-hybridized carbons (Fsp3) is 0.933. The molecule has 0 radical (unpaired) electrons. The van der Waals surface area contributed by atoms with Gasteiger partial charge < -0.3 is 14.4 Å². The molecule has 0 bridgehead atoms.